The molecule has 0 bridgehead atoms. The van der Waals surface area contributed by atoms with Crippen LogP contribution in [0.3, 0.4) is 0 Å². The van der Waals surface area contributed by atoms with Crippen molar-refractivity contribution in [3.05, 3.63) is 0 Å². The molecule has 0 amide bonds. The summed E-state index contributed by atoms with van der Waals surface area (Å²) in [6, 6.07) is 0. The molecule has 0 heterocycles. The van der Waals surface area contributed by atoms with Crippen LogP contribution < -0.4 is 200 Å². The fraction of sp³-hybridized carbons (Fsp3) is 0. The molecule has 0 aromatic carbocycles. The van der Waals surface area contributed by atoms with Crippen LogP contribution in [0.1, 0.15) is 5.71 Å². The summed E-state index contributed by atoms with van der Waals surface area (Å²) < 4.78 is 34.1. The molecule has 11 heavy (non-hydrogen) atoms. The zero-order chi connectivity index (χ0) is 4.50. The third-order valence-corrected chi connectivity index (χ3v) is 0. The summed E-state index contributed by atoms with van der Waals surface area (Å²) >= 11 is 0. The summed E-state index contributed by atoms with van der Waals surface area (Å²) in [5.74, 6) is 0. The van der Waals surface area contributed by atoms with Crippen LogP contribution >= 0.6 is 0 Å². The molecule has 0 N–H and O–H groups in total. The Balaban J connectivity index is -0.00000000178. The molecule has 0 aliphatic rings. The molecule has 0 radical (unpaired) electrons. The minimum Gasteiger partial charge on any atom is -1.00 e. The van der Waals surface area contributed by atoms with E-state index in [1.165, 1.54) is 0 Å². The Hall–Kier alpha value is 6.34. The Bertz CT molecular complexity index is 120. The predicted octanol–water partition coefficient (Wildman–Crippen LogP) is -18.9. The molecule has 0 spiro atoms. The monoisotopic (exact) mass is 238 g/mol. The van der Waals surface area contributed by atoms with Crippen molar-refractivity contribution in [2.24, 2.45) is 0 Å². The van der Waals surface area contributed by atoms with E-state index in [9.17, 15) is 0 Å². The zero-order valence-electron chi connectivity index (χ0n) is 12.0. The summed E-state index contributed by atoms with van der Waals surface area (Å²) in [5.41, 5.74) is 0. The van der Waals surface area contributed by atoms with E-state index in [-0.39, 0.29) is 205 Å². The second-order valence-corrected chi connectivity index (χ2v) is 1.22. The first-order valence-corrected chi connectivity index (χ1v) is 2.00. The molecule has 0 aromatic heterocycles. The molecule has 4 nitrogen and oxygen atoms in total. The Morgan fingerprint density at radius 2 is 0.909 bits per heavy atom. The summed E-state index contributed by atoms with van der Waals surface area (Å²) in [7, 11) is -5.17. The van der Waals surface area contributed by atoms with Crippen LogP contribution in [0.4, 0.5) is 0 Å². The van der Waals surface area contributed by atoms with Crippen LogP contribution in [0.5, 0.6) is 0 Å². The molecule has 0 saturated carbocycles. The zero-order valence-corrected chi connectivity index (χ0v) is 19.1. The van der Waals surface area contributed by atoms with Gasteiger partial charge in [0.05, 0.1) is 0 Å². The van der Waals surface area contributed by atoms with Crippen LogP contribution in [0, 0.1) is 0 Å². The first-order valence-electron chi connectivity index (χ1n) is 0.667. The van der Waals surface area contributed by atoms with Gasteiger partial charge >= 0.3 is 200 Å². The molecule has 0 saturated heterocycles. The van der Waals surface area contributed by atoms with Gasteiger partial charge in [-0.25, -0.2) is 0 Å². The fourth-order valence-corrected chi connectivity index (χ4v) is 0. The molecule has 0 rings (SSSR count). The molecule has 0 atom stereocenters. The van der Waals surface area contributed by atoms with E-state index in [4.69, 9.17) is 17.5 Å². The van der Waals surface area contributed by atoms with E-state index >= 15 is 0 Å². The predicted molar refractivity (Wildman–Crippen MR) is 14.9 cm³/mol. The third kappa shape index (κ3) is 83.6. The van der Waals surface area contributed by atoms with Crippen molar-refractivity contribution in [3.63, 3.8) is 0 Å². The largest absolute Gasteiger partial charge is 1.00 e. The third-order valence-electron chi connectivity index (χ3n) is 0. The van der Waals surface area contributed by atoms with Crippen molar-refractivity contribution in [1.29, 1.82) is 0 Å². The van der Waals surface area contributed by atoms with Gasteiger partial charge in [0.2, 0.25) is 0 Å². The van der Waals surface area contributed by atoms with Gasteiger partial charge in [-0.3, -0.25) is 8.42 Å². The number of rotatable bonds is 0. The van der Waals surface area contributed by atoms with Crippen LogP contribution in [0.2, 0.25) is 0 Å². The maximum atomic E-state index is 8.52. The smallest absolute Gasteiger partial charge is 1.00 e. The van der Waals surface area contributed by atoms with Gasteiger partial charge in [0.1, 0.15) is 0 Å². The summed E-state index contributed by atoms with van der Waals surface area (Å²) in [6.07, 6.45) is 0. The number of hydrogen-bond donors (Lipinski definition) is 0. The van der Waals surface area contributed by atoms with Gasteiger partial charge in [-0.2, -0.15) is 0 Å². The van der Waals surface area contributed by atoms with Crippen molar-refractivity contribution in [3.8, 4) is 0 Å². The van der Waals surface area contributed by atoms with Crippen LogP contribution in [0.15, 0.2) is 0 Å². The summed E-state index contributed by atoms with van der Waals surface area (Å²) in [6.45, 7) is 0. The van der Waals surface area contributed by atoms with Gasteiger partial charge in [-0.05, 0) is 0 Å². The minimum absolute atomic E-state index is 0. The molecular formula is H4K2Li2Na2O4S. The van der Waals surface area contributed by atoms with E-state index in [0.29, 0.717) is 0 Å². The van der Waals surface area contributed by atoms with E-state index < -0.39 is 10.4 Å². The van der Waals surface area contributed by atoms with E-state index in [1.807, 2.05) is 0 Å². The van der Waals surface area contributed by atoms with Crippen molar-refractivity contribution >= 4 is 10.4 Å². The minimum atomic E-state index is -5.17. The van der Waals surface area contributed by atoms with E-state index in [0.717, 1.165) is 0 Å². The fourth-order valence-electron chi connectivity index (χ4n) is 0. The molecular weight excluding hydrogens is 234 g/mol. The Kier molecular flexibility index (Phi) is 99.4. The number of hydrogen-bond acceptors (Lipinski definition) is 4. The van der Waals surface area contributed by atoms with Crippen LogP contribution in [-0.4, -0.2) is 17.5 Å². The van der Waals surface area contributed by atoms with E-state index in [1.54, 1.807) is 0 Å². The second-order valence-electron chi connectivity index (χ2n) is 0.408. The van der Waals surface area contributed by atoms with Gasteiger partial charge in [-0.15, -0.1) is 0 Å². The second kappa shape index (κ2) is 25.2. The topological polar surface area (TPSA) is 80.3 Å². The first kappa shape index (κ1) is 43.3. The normalized spacial score (nSPS) is 5.27. The van der Waals surface area contributed by atoms with Gasteiger partial charge in [0, 0.05) is 10.4 Å². The molecule has 0 aliphatic carbocycles. The van der Waals surface area contributed by atoms with Crippen LogP contribution in [-0.2, 0) is 10.4 Å². The SMILES string of the molecule is O=S(=O)([O-])[O-].[H-].[H-].[H-].[H-].[K+].[K+].[Li+].[Li+].[Na+].[Na+]. The molecule has 0 aliphatic heterocycles. The molecule has 11 heteroatoms. The molecule has 0 aromatic rings. The van der Waals surface area contributed by atoms with Crippen molar-refractivity contribution < 1.29 is 223 Å². The van der Waals surface area contributed by atoms with Crippen molar-refractivity contribution in [2.75, 3.05) is 0 Å². The van der Waals surface area contributed by atoms with Gasteiger partial charge in [-0.1, -0.05) is 0 Å². The standard InChI is InChI=1S/2K.2Li.2Na.H2O4S.4H/c;;;;;;1-5(2,3)4;;;;/h;;;;;;(H2,1,2,3,4);;;;/q6*+1;;4*-1/p-2. The van der Waals surface area contributed by atoms with E-state index in [2.05, 4.69) is 0 Å². The quantitative estimate of drug-likeness (QED) is 0.238. The summed E-state index contributed by atoms with van der Waals surface area (Å²) in [5, 5.41) is 0. The van der Waals surface area contributed by atoms with Gasteiger partial charge < -0.3 is 14.8 Å². The average molecular weight is 238 g/mol. The van der Waals surface area contributed by atoms with Crippen LogP contribution in [0.25, 0.3) is 0 Å². The maximum Gasteiger partial charge on any atom is 1.00 e. The average Bonchev–Trinajstić information content (AvgIpc) is 0.722. The van der Waals surface area contributed by atoms with Crippen molar-refractivity contribution in [1.82, 2.24) is 0 Å². The Labute approximate surface area is 226 Å². The maximum absolute atomic E-state index is 8.52. The first-order chi connectivity index (χ1) is 2.00. The Morgan fingerprint density at radius 3 is 0.909 bits per heavy atom. The van der Waals surface area contributed by atoms with Gasteiger partial charge in [0.15, 0.2) is 0 Å². The van der Waals surface area contributed by atoms with Gasteiger partial charge in [0.25, 0.3) is 0 Å². The Morgan fingerprint density at radius 1 is 0.909 bits per heavy atom. The molecule has 0 unspecified atom stereocenters. The molecule has 0 fully saturated rings. The molecule has 40 valence electrons. The summed E-state index contributed by atoms with van der Waals surface area (Å²) in [4.78, 5) is 0. The van der Waals surface area contributed by atoms with Crippen molar-refractivity contribution in [2.45, 2.75) is 0 Å².